The van der Waals surface area contributed by atoms with E-state index in [0.717, 1.165) is 79.8 Å². The summed E-state index contributed by atoms with van der Waals surface area (Å²) in [6, 6.07) is 39.6. The molecular weight excluding hydrogens is 466 g/mol. The number of fused-ring (bicyclic) bond motifs is 3. The molecule has 0 aliphatic carbocycles. The molecule has 2 bridgehead atoms. The van der Waals surface area contributed by atoms with Crippen molar-refractivity contribution in [2.75, 3.05) is 32.8 Å². The summed E-state index contributed by atoms with van der Waals surface area (Å²) in [7, 11) is 0. The average molecular weight is 505 g/mol. The first-order valence-electron chi connectivity index (χ1n) is 14.1. The number of quaternary nitrogens is 1. The Bertz CT molecular complexity index is 1250. The van der Waals surface area contributed by atoms with E-state index in [4.69, 9.17) is 4.74 Å². The highest BCUT2D eigenvalue weighted by Crippen LogP contribution is 2.57. The molecule has 38 heavy (non-hydrogen) atoms. The summed E-state index contributed by atoms with van der Waals surface area (Å²) in [5.41, 5.74) is 3.42. The lowest BCUT2D eigenvalue weighted by Gasteiger charge is -2.60. The summed E-state index contributed by atoms with van der Waals surface area (Å²) in [4.78, 5) is 0. The lowest BCUT2D eigenvalue weighted by atomic mass is 9.56. The first kappa shape index (κ1) is 24.9. The molecule has 7 rings (SSSR count). The second kappa shape index (κ2) is 10.4. The van der Waals surface area contributed by atoms with Gasteiger partial charge in [0.25, 0.3) is 0 Å². The van der Waals surface area contributed by atoms with Crippen LogP contribution in [-0.2, 0) is 5.60 Å². The fraction of sp³-hybridized carbons (Fsp3) is 0.314. The molecule has 3 fully saturated rings. The fourth-order valence-corrected chi connectivity index (χ4v) is 7.04. The molecule has 0 amide bonds. The van der Waals surface area contributed by atoms with E-state index in [9.17, 15) is 5.11 Å². The normalized spacial score (nSPS) is 22.8. The van der Waals surface area contributed by atoms with Gasteiger partial charge in [-0.15, -0.1) is 0 Å². The zero-order valence-corrected chi connectivity index (χ0v) is 22.1. The average Bonchev–Trinajstić information content (AvgIpc) is 3.01. The van der Waals surface area contributed by atoms with Crippen molar-refractivity contribution in [1.82, 2.24) is 0 Å². The van der Waals surface area contributed by atoms with Gasteiger partial charge in [0.05, 0.1) is 32.8 Å². The Morgan fingerprint density at radius 1 is 0.632 bits per heavy atom. The maximum atomic E-state index is 12.5. The van der Waals surface area contributed by atoms with Crippen LogP contribution in [0.5, 0.6) is 5.75 Å². The van der Waals surface area contributed by atoms with Gasteiger partial charge in [0.2, 0.25) is 0 Å². The van der Waals surface area contributed by atoms with Crippen molar-refractivity contribution in [2.45, 2.75) is 31.3 Å². The van der Waals surface area contributed by atoms with Crippen LogP contribution in [0, 0.1) is 5.41 Å². The summed E-state index contributed by atoms with van der Waals surface area (Å²) in [5, 5.41) is 12.5. The van der Waals surface area contributed by atoms with Crippen molar-refractivity contribution in [3.05, 3.63) is 126 Å². The van der Waals surface area contributed by atoms with E-state index in [1.807, 2.05) is 18.2 Å². The highest BCUT2D eigenvalue weighted by atomic mass is 16.5. The number of nitrogens with zero attached hydrogens (tertiary/aromatic N) is 1. The van der Waals surface area contributed by atoms with Crippen LogP contribution in [0.15, 0.2) is 115 Å². The number of hydrogen-bond donors (Lipinski definition) is 1. The number of benzene rings is 4. The van der Waals surface area contributed by atoms with Crippen LogP contribution < -0.4 is 4.74 Å². The summed E-state index contributed by atoms with van der Waals surface area (Å²) >= 11 is 0. The minimum Gasteiger partial charge on any atom is -0.493 e. The van der Waals surface area contributed by atoms with E-state index in [2.05, 4.69) is 97.1 Å². The van der Waals surface area contributed by atoms with Crippen molar-refractivity contribution in [3.8, 4) is 16.9 Å². The molecule has 3 aliphatic heterocycles. The molecule has 4 aromatic carbocycles. The fourth-order valence-electron chi connectivity index (χ4n) is 7.04. The highest BCUT2D eigenvalue weighted by molar-refractivity contribution is 5.63. The first-order chi connectivity index (χ1) is 18.6. The van der Waals surface area contributed by atoms with Gasteiger partial charge < -0.3 is 14.3 Å². The second-order valence-electron chi connectivity index (χ2n) is 11.3. The number of ether oxygens (including phenoxy) is 1. The second-order valence-corrected chi connectivity index (χ2v) is 11.3. The van der Waals surface area contributed by atoms with Gasteiger partial charge in [0.15, 0.2) is 0 Å². The Kier molecular flexibility index (Phi) is 6.82. The van der Waals surface area contributed by atoms with Gasteiger partial charge in [0.1, 0.15) is 11.4 Å². The molecule has 4 aromatic rings. The van der Waals surface area contributed by atoms with Gasteiger partial charge in [-0.05, 0) is 34.4 Å². The molecule has 0 saturated carbocycles. The summed E-state index contributed by atoms with van der Waals surface area (Å²) in [6.45, 7) is 5.29. The molecule has 0 atom stereocenters. The molecule has 3 nitrogen and oxygen atoms in total. The number of hydrogen-bond acceptors (Lipinski definition) is 2. The first-order valence-corrected chi connectivity index (χ1v) is 14.1. The van der Waals surface area contributed by atoms with Gasteiger partial charge in [-0.1, -0.05) is 103 Å². The zero-order valence-electron chi connectivity index (χ0n) is 22.1. The molecule has 3 heteroatoms. The molecule has 0 radical (unpaired) electrons. The van der Waals surface area contributed by atoms with Crippen LogP contribution in [0.4, 0.5) is 0 Å². The van der Waals surface area contributed by atoms with E-state index in [1.165, 1.54) is 11.1 Å². The predicted octanol–water partition coefficient (Wildman–Crippen LogP) is 7.06. The number of aliphatic hydroxyl groups is 1. The lowest BCUT2D eigenvalue weighted by molar-refractivity contribution is -0.946. The van der Waals surface area contributed by atoms with E-state index >= 15 is 0 Å². The van der Waals surface area contributed by atoms with E-state index < -0.39 is 5.60 Å². The van der Waals surface area contributed by atoms with Crippen molar-refractivity contribution in [2.24, 2.45) is 5.41 Å². The van der Waals surface area contributed by atoms with Gasteiger partial charge in [0, 0.05) is 31.1 Å². The highest BCUT2D eigenvalue weighted by Gasteiger charge is 2.60. The van der Waals surface area contributed by atoms with Crippen molar-refractivity contribution >= 4 is 0 Å². The van der Waals surface area contributed by atoms with Gasteiger partial charge in [-0.3, -0.25) is 0 Å². The van der Waals surface area contributed by atoms with Crippen LogP contribution in [0.1, 0.15) is 36.8 Å². The standard InChI is InChI=1S/C35H38NO2/c37-35(31-13-6-2-7-14-31,32-15-8-3-9-16-32)34-21-25-36(26-22-34,27-23-34)24-10-28-38-33-19-17-30(18-20-33)29-11-4-1-5-12-29/h1-9,11-20,37H,10,21-28H2/q+1. The molecule has 0 unspecified atom stereocenters. The van der Waals surface area contributed by atoms with Crippen LogP contribution in [-0.4, -0.2) is 42.4 Å². The SMILES string of the molecule is OC(c1ccccc1)(c1ccccc1)C12CC[N+](CCCOc3ccc(-c4ccccc4)cc3)(CC1)CC2. The van der Waals surface area contributed by atoms with E-state index in [0.29, 0.717) is 0 Å². The van der Waals surface area contributed by atoms with Crippen LogP contribution >= 0.6 is 0 Å². The Labute approximate surface area is 226 Å². The smallest absolute Gasteiger partial charge is 0.121 e. The third-order valence-electron chi connectivity index (χ3n) is 9.35. The molecule has 0 aromatic heterocycles. The van der Waals surface area contributed by atoms with Gasteiger partial charge >= 0.3 is 0 Å². The number of rotatable bonds is 9. The quantitative estimate of drug-likeness (QED) is 0.195. The van der Waals surface area contributed by atoms with E-state index in [1.54, 1.807) is 0 Å². The van der Waals surface area contributed by atoms with Crippen molar-refractivity contribution in [1.29, 1.82) is 0 Å². The topological polar surface area (TPSA) is 29.5 Å². The van der Waals surface area contributed by atoms with Crippen LogP contribution in [0.2, 0.25) is 0 Å². The van der Waals surface area contributed by atoms with Gasteiger partial charge in [-0.25, -0.2) is 0 Å². The molecular formula is C35H38NO2+. The minimum atomic E-state index is -0.957. The molecule has 3 saturated heterocycles. The molecule has 3 heterocycles. The monoisotopic (exact) mass is 504 g/mol. The largest absolute Gasteiger partial charge is 0.493 e. The Balaban J connectivity index is 1.08. The van der Waals surface area contributed by atoms with E-state index in [-0.39, 0.29) is 5.41 Å². The molecule has 3 aliphatic rings. The summed E-state index contributed by atoms with van der Waals surface area (Å²) in [6.07, 6.45) is 4.20. The van der Waals surface area contributed by atoms with Crippen molar-refractivity contribution < 1.29 is 14.3 Å². The molecule has 0 spiro atoms. The summed E-state index contributed by atoms with van der Waals surface area (Å²) < 4.78 is 7.29. The summed E-state index contributed by atoms with van der Waals surface area (Å²) in [5.74, 6) is 0.941. The van der Waals surface area contributed by atoms with Gasteiger partial charge in [-0.2, -0.15) is 0 Å². The predicted molar refractivity (Wildman–Crippen MR) is 154 cm³/mol. The molecule has 1 N–H and O–H groups in total. The minimum absolute atomic E-state index is 0.118. The van der Waals surface area contributed by atoms with Crippen LogP contribution in [0.25, 0.3) is 11.1 Å². The van der Waals surface area contributed by atoms with Crippen molar-refractivity contribution in [3.63, 3.8) is 0 Å². The number of piperidine rings is 3. The maximum Gasteiger partial charge on any atom is 0.121 e. The Morgan fingerprint density at radius 2 is 1.11 bits per heavy atom. The lowest BCUT2D eigenvalue weighted by Crippen LogP contribution is -2.66. The van der Waals surface area contributed by atoms with Crippen LogP contribution in [0.3, 0.4) is 0 Å². The third kappa shape index (κ3) is 4.55. The zero-order chi connectivity index (χ0) is 25.9. The Hall–Kier alpha value is -3.40. The third-order valence-corrected chi connectivity index (χ3v) is 9.35. The molecule has 194 valence electrons. The Morgan fingerprint density at radius 3 is 1.63 bits per heavy atom. The maximum absolute atomic E-state index is 12.5.